The predicted molar refractivity (Wildman–Crippen MR) is 77.5 cm³/mol. The minimum absolute atomic E-state index is 0.0529. The zero-order valence-electron chi connectivity index (χ0n) is 12.3. The second-order valence-corrected chi connectivity index (χ2v) is 5.47. The third-order valence-electron chi connectivity index (χ3n) is 2.91. The van der Waals surface area contributed by atoms with E-state index in [9.17, 15) is 4.79 Å². The molecule has 0 radical (unpaired) electrons. The van der Waals surface area contributed by atoms with Crippen LogP contribution in [-0.2, 0) is 6.54 Å². The van der Waals surface area contributed by atoms with Gasteiger partial charge in [0.1, 0.15) is 0 Å². The average Bonchev–Trinajstić information content (AvgIpc) is 2.33. The molecule has 0 aliphatic rings. The molecule has 19 heavy (non-hydrogen) atoms. The Bertz CT molecular complexity index is 441. The van der Waals surface area contributed by atoms with Crippen LogP contribution < -0.4 is 10.5 Å². The fraction of sp³-hybridized carbons (Fsp3) is 0.714. The van der Waals surface area contributed by atoms with E-state index in [1.807, 2.05) is 18.7 Å². The molecular weight excluding hydrogens is 242 g/mol. The Kier molecular flexibility index (Phi) is 6.02. The molecule has 0 spiro atoms. The second kappa shape index (κ2) is 7.28. The van der Waals surface area contributed by atoms with Gasteiger partial charge in [0.15, 0.2) is 5.82 Å². The van der Waals surface area contributed by atoms with Gasteiger partial charge in [-0.2, -0.15) is 0 Å². The molecule has 1 N–H and O–H groups in total. The molecule has 0 aromatic carbocycles. The molecule has 0 saturated heterocycles. The lowest BCUT2D eigenvalue weighted by Gasteiger charge is -2.27. The summed E-state index contributed by atoms with van der Waals surface area (Å²) in [7, 11) is 0. The second-order valence-electron chi connectivity index (χ2n) is 5.47. The summed E-state index contributed by atoms with van der Waals surface area (Å²) in [5.41, 5.74) is -0.0529. The molecule has 0 unspecified atom stereocenters. The Labute approximate surface area is 114 Å². The van der Waals surface area contributed by atoms with E-state index in [0.29, 0.717) is 31.2 Å². The lowest BCUT2D eigenvalue weighted by atomic mass is 10.2. The van der Waals surface area contributed by atoms with Crippen molar-refractivity contribution in [2.75, 3.05) is 18.1 Å². The zero-order valence-corrected chi connectivity index (χ0v) is 12.3. The van der Waals surface area contributed by atoms with Crippen molar-refractivity contribution in [1.29, 1.82) is 0 Å². The number of aliphatic hydroxyl groups excluding tert-OH is 1. The van der Waals surface area contributed by atoms with E-state index in [1.165, 1.54) is 0 Å². The van der Waals surface area contributed by atoms with Crippen molar-refractivity contribution in [3.8, 4) is 0 Å². The summed E-state index contributed by atoms with van der Waals surface area (Å²) >= 11 is 0. The fourth-order valence-electron chi connectivity index (χ4n) is 2.02. The average molecular weight is 267 g/mol. The molecule has 0 aliphatic carbocycles. The van der Waals surface area contributed by atoms with Gasteiger partial charge in [-0.1, -0.05) is 13.8 Å². The highest BCUT2D eigenvalue weighted by Gasteiger charge is 2.16. The van der Waals surface area contributed by atoms with Gasteiger partial charge in [-0.25, -0.2) is 4.98 Å². The van der Waals surface area contributed by atoms with Gasteiger partial charge < -0.3 is 14.6 Å². The third kappa shape index (κ3) is 4.35. The maximum absolute atomic E-state index is 12.4. The summed E-state index contributed by atoms with van der Waals surface area (Å²) in [6.07, 6.45) is 4.04. The quantitative estimate of drug-likeness (QED) is 0.813. The normalized spacial score (nSPS) is 11.3. The molecule has 1 rings (SSSR count). The smallest absolute Gasteiger partial charge is 0.293 e. The third-order valence-corrected chi connectivity index (χ3v) is 2.91. The van der Waals surface area contributed by atoms with Crippen molar-refractivity contribution in [1.82, 2.24) is 9.55 Å². The molecule has 0 aliphatic heterocycles. The van der Waals surface area contributed by atoms with E-state index in [2.05, 4.69) is 18.8 Å². The Morgan fingerprint density at radius 3 is 2.58 bits per heavy atom. The zero-order chi connectivity index (χ0) is 14.4. The van der Waals surface area contributed by atoms with E-state index < -0.39 is 0 Å². The number of hydrogen-bond acceptors (Lipinski definition) is 4. The monoisotopic (exact) mass is 267 g/mol. The topological polar surface area (TPSA) is 58.4 Å². The number of hydrogen-bond donors (Lipinski definition) is 1. The van der Waals surface area contributed by atoms with E-state index in [1.54, 1.807) is 17.0 Å². The molecule has 0 saturated carbocycles. The summed E-state index contributed by atoms with van der Waals surface area (Å²) in [6, 6.07) is 0.182. The van der Waals surface area contributed by atoms with Gasteiger partial charge in [0, 0.05) is 38.1 Å². The van der Waals surface area contributed by atoms with Crippen LogP contribution in [0.25, 0.3) is 0 Å². The van der Waals surface area contributed by atoms with Gasteiger partial charge in [-0.3, -0.25) is 4.79 Å². The first-order chi connectivity index (χ1) is 8.97. The predicted octanol–water partition coefficient (Wildman–Crippen LogP) is 1.50. The van der Waals surface area contributed by atoms with E-state index in [0.717, 1.165) is 0 Å². The van der Waals surface area contributed by atoms with Crippen molar-refractivity contribution < 1.29 is 5.11 Å². The minimum Gasteiger partial charge on any atom is -0.396 e. The van der Waals surface area contributed by atoms with Crippen LogP contribution in [0, 0.1) is 5.92 Å². The first kappa shape index (κ1) is 15.7. The van der Waals surface area contributed by atoms with Crippen molar-refractivity contribution in [2.45, 2.75) is 46.7 Å². The SMILES string of the molecule is CC(C)Cn1ccnc(N(CCCO)C(C)C)c1=O. The lowest BCUT2D eigenvalue weighted by molar-refractivity contribution is 0.288. The highest BCUT2D eigenvalue weighted by atomic mass is 16.3. The van der Waals surface area contributed by atoms with Crippen LogP contribution in [0.2, 0.25) is 0 Å². The van der Waals surface area contributed by atoms with Crippen molar-refractivity contribution in [3.05, 3.63) is 22.7 Å². The van der Waals surface area contributed by atoms with Crippen LogP contribution in [0.1, 0.15) is 34.1 Å². The van der Waals surface area contributed by atoms with E-state index in [4.69, 9.17) is 5.11 Å². The van der Waals surface area contributed by atoms with Crippen LogP contribution in [-0.4, -0.2) is 33.9 Å². The molecular formula is C14H25N3O2. The highest BCUT2D eigenvalue weighted by Crippen LogP contribution is 2.09. The fourth-order valence-corrected chi connectivity index (χ4v) is 2.02. The molecule has 1 heterocycles. The molecule has 0 fully saturated rings. The summed E-state index contributed by atoms with van der Waals surface area (Å²) in [5, 5.41) is 8.96. The summed E-state index contributed by atoms with van der Waals surface area (Å²) in [5.74, 6) is 0.893. The number of aliphatic hydroxyl groups is 1. The first-order valence-corrected chi connectivity index (χ1v) is 6.90. The molecule has 5 nitrogen and oxygen atoms in total. The van der Waals surface area contributed by atoms with Gasteiger partial charge in [0.05, 0.1) is 0 Å². The van der Waals surface area contributed by atoms with Crippen molar-refractivity contribution in [3.63, 3.8) is 0 Å². The summed E-state index contributed by atoms with van der Waals surface area (Å²) in [6.45, 7) is 9.67. The standard InChI is InChI=1S/C14H25N3O2/c1-11(2)10-16-8-6-15-13(14(16)19)17(12(3)4)7-5-9-18/h6,8,11-12,18H,5,7,9-10H2,1-4H3. The molecule has 108 valence electrons. The largest absolute Gasteiger partial charge is 0.396 e. The minimum atomic E-state index is -0.0529. The Balaban J connectivity index is 3.06. The molecule has 5 heteroatoms. The Morgan fingerprint density at radius 1 is 1.37 bits per heavy atom. The van der Waals surface area contributed by atoms with Gasteiger partial charge in [0.25, 0.3) is 5.56 Å². The Morgan fingerprint density at radius 2 is 2.05 bits per heavy atom. The van der Waals surface area contributed by atoms with Crippen LogP contribution in [0.5, 0.6) is 0 Å². The highest BCUT2D eigenvalue weighted by molar-refractivity contribution is 5.36. The molecule has 0 atom stereocenters. The molecule has 0 bridgehead atoms. The number of anilines is 1. The van der Waals surface area contributed by atoms with Gasteiger partial charge >= 0.3 is 0 Å². The number of nitrogens with zero attached hydrogens (tertiary/aromatic N) is 3. The Hall–Kier alpha value is -1.36. The van der Waals surface area contributed by atoms with Gasteiger partial charge in [-0.05, 0) is 26.2 Å². The molecule has 1 aromatic heterocycles. The number of aromatic nitrogens is 2. The molecule has 0 amide bonds. The van der Waals surface area contributed by atoms with Crippen LogP contribution in [0.4, 0.5) is 5.82 Å². The maximum atomic E-state index is 12.4. The van der Waals surface area contributed by atoms with Crippen molar-refractivity contribution in [2.24, 2.45) is 5.92 Å². The maximum Gasteiger partial charge on any atom is 0.293 e. The first-order valence-electron chi connectivity index (χ1n) is 6.90. The van der Waals surface area contributed by atoms with E-state index >= 15 is 0 Å². The van der Waals surface area contributed by atoms with E-state index in [-0.39, 0.29) is 18.2 Å². The number of rotatable bonds is 7. The van der Waals surface area contributed by atoms with Gasteiger partial charge in [0.2, 0.25) is 0 Å². The summed E-state index contributed by atoms with van der Waals surface area (Å²) < 4.78 is 1.71. The van der Waals surface area contributed by atoms with Crippen LogP contribution in [0.3, 0.4) is 0 Å². The lowest BCUT2D eigenvalue weighted by Crippen LogP contribution is -2.39. The van der Waals surface area contributed by atoms with Crippen molar-refractivity contribution >= 4 is 5.82 Å². The van der Waals surface area contributed by atoms with Gasteiger partial charge in [-0.15, -0.1) is 0 Å². The summed E-state index contributed by atoms with van der Waals surface area (Å²) in [4.78, 5) is 18.6. The van der Waals surface area contributed by atoms with Crippen LogP contribution >= 0.6 is 0 Å². The molecule has 1 aromatic rings. The van der Waals surface area contributed by atoms with Crippen LogP contribution in [0.15, 0.2) is 17.2 Å².